The van der Waals surface area contributed by atoms with Gasteiger partial charge in [-0.3, -0.25) is 0 Å². The average Bonchev–Trinajstić information content (AvgIpc) is 2.39. The van der Waals surface area contributed by atoms with Gasteiger partial charge in [0.05, 0.1) is 13.2 Å². The Hall–Kier alpha value is -1.24. The molecule has 0 aliphatic heterocycles. The first kappa shape index (κ1) is 14.8. The van der Waals surface area contributed by atoms with E-state index in [0.29, 0.717) is 19.8 Å². The van der Waals surface area contributed by atoms with Crippen LogP contribution < -0.4 is 4.74 Å². The molecule has 5 nitrogen and oxygen atoms in total. The van der Waals surface area contributed by atoms with Crippen molar-refractivity contribution in [3.05, 3.63) is 23.6 Å². The average molecular weight is 259 g/mol. The molecule has 1 rings (SSSR count). The zero-order valence-corrected chi connectivity index (χ0v) is 10.4. The van der Waals surface area contributed by atoms with Crippen LogP contribution in [0.5, 0.6) is 5.88 Å². The van der Waals surface area contributed by atoms with Crippen LogP contribution in [0.1, 0.15) is 12.0 Å². The molecule has 0 saturated heterocycles. The summed E-state index contributed by atoms with van der Waals surface area (Å²) in [5, 5.41) is 8.88. The highest BCUT2D eigenvalue weighted by atomic mass is 19.1. The third-order valence-electron chi connectivity index (χ3n) is 2.21. The van der Waals surface area contributed by atoms with Gasteiger partial charge in [0, 0.05) is 32.1 Å². The van der Waals surface area contributed by atoms with Crippen molar-refractivity contribution < 1.29 is 23.7 Å². The van der Waals surface area contributed by atoms with Crippen LogP contribution in [-0.4, -0.2) is 43.6 Å². The van der Waals surface area contributed by atoms with Gasteiger partial charge in [0.15, 0.2) is 5.82 Å². The molecule has 6 heteroatoms. The molecular formula is C12H18FNO4. The lowest BCUT2D eigenvalue weighted by Crippen LogP contribution is -2.10. The van der Waals surface area contributed by atoms with E-state index in [1.54, 1.807) is 7.11 Å². The molecule has 0 bridgehead atoms. The summed E-state index contributed by atoms with van der Waals surface area (Å²) in [4.78, 5) is 3.75. The number of aromatic nitrogens is 1. The Morgan fingerprint density at radius 3 is 2.83 bits per heavy atom. The minimum absolute atomic E-state index is 0.109. The number of pyridine rings is 1. The summed E-state index contributed by atoms with van der Waals surface area (Å²) >= 11 is 0. The molecule has 0 fully saturated rings. The van der Waals surface area contributed by atoms with E-state index in [1.807, 2.05) is 0 Å². The van der Waals surface area contributed by atoms with Crippen molar-refractivity contribution in [3.8, 4) is 5.88 Å². The van der Waals surface area contributed by atoms with Crippen molar-refractivity contribution in [1.82, 2.24) is 4.98 Å². The fraction of sp³-hybridized carbons (Fsp3) is 0.583. The smallest absolute Gasteiger partial charge is 0.250 e. The molecule has 0 aliphatic rings. The molecule has 102 valence electrons. The number of hydrogen-bond donors (Lipinski definition) is 1. The van der Waals surface area contributed by atoms with Crippen molar-refractivity contribution in [2.75, 3.05) is 33.5 Å². The van der Waals surface area contributed by atoms with E-state index in [-0.39, 0.29) is 24.7 Å². The second-order valence-electron chi connectivity index (χ2n) is 3.55. The first-order valence-corrected chi connectivity index (χ1v) is 5.73. The standard InChI is InChI=1S/C12H18FNO4/c1-16-5-2-6-17-7-8-18-12-11(13)10(9-15)3-4-14-12/h3-4,15H,2,5-9H2,1H3. The molecule has 0 aliphatic carbocycles. The van der Waals surface area contributed by atoms with Crippen LogP contribution in [-0.2, 0) is 16.1 Å². The number of aliphatic hydroxyl groups is 1. The Balaban J connectivity index is 2.23. The summed E-state index contributed by atoms with van der Waals surface area (Å²) in [6.45, 7) is 1.41. The highest BCUT2D eigenvalue weighted by molar-refractivity contribution is 5.22. The highest BCUT2D eigenvalue weighted by Gasteiger charge is 2.09. The van der Waals surface area contributed by atoms with E-state index in [2.05, 4.69) is 4.98 Å². The van der Waals surface area contributed by atoms with Crippen LogP contribution in [0.25, 0.3) is 0 Å². The van der Waals surface area contributed by atoms with Gasteiger partial charge in [-0.05, 0) is 12.5 Å². The number of aliphatic hydroxyl groups excluding tert-OH is 1. The van der Waals surface area contributed by atoms with E-state index in [4.69, 9.17) is 19.3 Å². The Bertz CT molecular complexity index is 349. The zero-order chi connectivity index (χ0) is 13.2. The highest BCUT2D eigenvalue weighted by Crippen LogP contribution is 2.16. The lowest BCUT2D eigenvalue weighted by Gasteiger charge is -2.08. The van der Waals surface area contributed by atoms with Crippen LogP contribution in [0.3, 0.4) is 0 Å². The van der Waals surface area contributed by atoms with Gasteiger partial charge in [-0.15, -0.1) is 0 Å². The molecule has 0 radical (unpaired) electrons. The van der Waals surface area contributed by atoms with Crippen molar-refractivity contribution >= 4 is 0 Å². The fourth-order valence-electron chi connectivity index (χ4n) is 1.29. The normalized spacial score (nSPS) is 10.6. The molecule has 0 amide bonds. The van der Waals surface area contributed by atoms with E-state index in [1.165, 1.54) is 12.3 Å². The van der Waals surface area contributed by atoms with Gasteiger partial charge in [0.25, 0.3) is 5.88 Å². The van der Waals surface area contributed by atoms with E-state index in [9.17, 15) is 4.39 Å². The quantitative estimate of drug-likeness (QED) is 0.674. The van der Waals surface area contributed by atoms with Crippen molar-refractivity contribution in [1.29, 1.82) is 0 Å². The first-order chi connectivity index (χ1) is 8.79. The van der Waals surface area contributed by atoms with E-state index in [0.717, 1.165) is 6.42 Å². The molecule has 1 aromatic rings. The molecule has 1 heterocycles. The monoisotopic (exact) mass is 259 g/mol. The second-order valence-corrected chi connectivity index (χ2v) is 3.55. The van der Waals surface area contributed by atoms with Gasteiger partial charge in [0.2, 0.25) is 0 Å². The minimum atomic E-state index is -0.626. The number of nitrogens with zero attached hydrogens (tertiary/aromatic N) is 1. The zero-order valence-electron chi connectivity index (χ0n) is 10.4. The topological polar surface area (TPSA) is 60.8 Å². The minimum Gasteiger partial charge on any atom is -0.473 e. The fourth-order valence-corrected chi connectivity index (χ4v) is 1.29. The summed E-state index contributed by atoms with van der Waals surface area (Å²) in [6, 6.07) is 1.41. The number of halogens is 1. The van der Waals surface area contributed by atoms with Gasteiger partial charge >= 0.3 is 0 Å². The summed E-state index contributed by atoms with van der Waals surface area (Å²) in [6.07, 6.45) is 2.20. The van der Waals surface area contributed by atoms with Crippen molar-refractivity contribution in [2.24, 2.45) is 0 Å². The number of ether oxygens (including phenoxy) is 3. The molecule has 0 unspecified atom stereocenters. The van der Waals surface area contributed by atoms with Gasteiger partial charge in [-0.1, -0.05) is 0 Å². The predicted molar refractivity (Wildman–Crippen MR) is 62.9 cm³/mol. The molecule has 18 heavy (non-hydrogen) atoms. The first-order valence-electron chi connectivity index (χ1n) is 5.73. The maximum Gasteiger partial charge on any atom is 0.250 e. The maximum absolute atomic E-state index is 13.5. The van der Waals surface area contributed by atoms with Crippen molar-refractivity contribution in [2.45, 2.75) is 13.0 Å². The summed E-state index contributed by atoms with van der Waals surface area (Å²) < 4.78 is 28.8. The van der Waals surface area contributed by atoms with Gasteiger partial charge < -0.3 is 19.3 Å². The SMILES string of the molecule is COCCCOCCOc1nccc(CO)c1F. The lowest BCUT2D eigenvalue weighted by atomic mass is 10.3. The Kier molecular flexibility index (Phi) is 7.24. The number of rotatable bonds is 9. The molecule has 0 aromatic carbocycles. The van der Waals surface area contributed by atoms with Crippen molar-refractivity contribution in [3.63, 3.8) is 0 Å². The summed E-state index contributed by atoms with van der Waals surface area (Å²) in [7, 11) is 1.63. The molecule has 0 atom stereocenters. The third-order valence-corrected chi connectivity index (χ3v) is 2.21. The summed E-state index contributed by atoms with van der Waals surface area (Å²) in [5.41, 5.74) is 0.168. The second kappa shape index (κ2) is 8.79. The van der Waals surface area contributed by atoms with E-state index < -0.39 is 5.82 Å². The number of hydrogen-bond acceptors (Lipinski definition) is 5. The van der Waals surface area contributed by atoms with Crippen LogP contribution in [0, 0.1) is 5.82 Å². The molecule has 0 spiro atoms. The third kappa shape index (κ3) is 4.95. The molecule has 1 aromatic heterocycles. The lowest BCUT2D eigenvalue weighted by molar-refractivity contribution is 0.0783. The van der Waals surface area contributed by atoms with Crippen LogP contribution >= 0.6 is 0 Å². The molecule has 0 saturated carbocycles. The maximum atomic E-state index is 13.5. The van der Waals surface area contributed by atoms with E-state index >= 15 is 0 Å². The van der Waals surface area contributed by atoms with Gasteiger partial charge in [-0.25, -0.2) is 9.37 Å². The predicted octanol–water partition coefficient (Wildman–Crippen LogP) is 1.14. The van der Waals surface area contributed by atoms with Gasteiger partial charge in [-0.2, -0.15) is 0 Å². The summed E-state index contributed by atoms with van der Waals surface area (Å²) in [5.74, 6) is -0.735. The van der Waals surface area contributed by atoms with Crippen LogP contribution in [0.2, 0.25) is 0 Å². The van der Waals surface area contributed by atoms with Crippen LogP contribution in [0.15, 0.2) is 12.3 Å². The molecular weight excluding hydrogens is 241 g/mol. The largest absolute Gasteiger partial charge is 0.473 e. The van der Waals surface area contributed by atoms with Gasteiger partial charge in [0.1, 0.15) is 6.61 Å². The Labute approximate surface area is 106 Å². The molecule has 1 N–H and O–H groups in total. The Morgan fingerprint density at radius 1 is 1.28 bits per heavy atom. The van der Waals surface area contributed by atoms with Crippen LogP contribution in [0.4, 0.5) is 4.39 Å². The number of methoxy groups -OCH3 is 1. The Morgan fingerprint density at radius 2 is 2.11 bits per heavy atom.